The highest BCUT2D eigenvalue weighted by molar-refractivity contribution is 5.69. The van der Waals surface area contributed by atoms with E-state index in [0.29, 0.717) is 19.4 Å². The van der Waals surface area contributed by atoms with E-state index in [-0.39, 0.29) is 12.1 Å². The average Bonchev–Trinajstić information content (AvgIpc) is 2.87. The standard InChI is InChI=1S/C33H52NO3/c1-5-6-7-8-9-10-11-12-14-18-30-21-17-22-32(27-30)37-29(2)24-26-36-33(35)23-25-34(3,4)28-31-19-15-13-16-20-31/h13,15-17,19-22,27,29H,5-12,14,18,23-26,28H2,1-4H3/q+1. The number of carbonyl (C=O) groups is 1. The quantitative estimate of drug-likeness (QED) is 0.102. The number of aryl methyl sites for hydroxylation is 1. The zero-order chi connectivity index (χ0) is 26.8. The second-order valence-electron chi connectivity index (χ2n) is 11.2. The molecule has 0 N–H and O–H groups in total. The van der Waals surface area contributed by atoms with Crippen LogP contribution in [0.4, 0.5) is 0 Å². The maximum Gasteiger partial charge on any atom is 0.311 e. The molecule has 0 aliphatic heterocycles. The Kier molecular flexibility index (Phi) is 15.0. The summed E-state index contributed by atoms with van der Waals surface area (Å²) in [4.78, 5) is 12.3. The number of carbonyl (C=O) groups excluding carboxylic acids is 1. The normalized spacial score (nSPS) is 12.3. The Morgan fingerprint density at radius 2 is 1.49 bits per heavy atom. The molecule has 0 amide bonds. The van der Waals surface area contributed by atoms with Crippen molar-refractivity contribution in [3.05, 3.63) is 65.7 Å². The SMILES string of the molecule is CCCCCCCCCCCc1cccc(OC(C)CCOC(=O)CC[N+](C)(C)Cc2ccccc2)c1. The number of unbranched alkanes of at least 4 members (excludes halogenated alkanes) is 8. The van der Waals surface area contributed by atoms with Gasteiger partial charge in [-0.2, -0.15) is 0 Å². The summed E-state index contributed by atoms with van der Waals surface area (Å²) in [5, 5.41) is 0. The van der Waals surface area contributed by atoms with Gasteiger partial charge in [-0.1, -0.05) is 101 Å². The maximum absolute atomic E-state index is 12.3. The molecule has 37 heavy (non-hydrogen) atoms. The Bertz CT molecular complexity index is 865. The van der Waals surface area contributed by atoms with E-state index >= 15 is 0 Å². The molecule has 0 saturated heterocycles. The zero-order valence-corrected chi connectivity index (χ0v) is 24.1. The monoisotopic (exact) mass is 510 g/mol. The second kappa shape index (κ2) is 18.0. The van der Waals surface area contributed by atoms with E-state index in [4.69, 9.17) is 9.47 Å². The summed E-state index contributed by atoms with van der Waals surface area (Å²) in [6.07, 6.45) is 14.4. The molecular weight excluding hydrogens is 458 g/mol. The smallest absolute Gasteiger partial charge is 0.311 e. The highest BCUT2D eigenvalue weighted by Gasteiger charge is 2.18. The van der Waals surface area contributed by atoms with Crippen molar-refractivity contribution >= 4 is 5.97 Å². The molecule has 0 bridgehead atoms. The number of hydrogen-bond donors (Lipinski definition) is 0. The van der Waals surface area contributed by atoms with Gasteiger partial charge in [-0.15, -0.1) is 0 Å². The summed E-state index contributed by atoms with van der Waals surface area (Å²) >= 11 is 0. The summed E-state index contributed by atoms with van der Waals surface area (Å²) in [6, 6.07) is 18.9. The zero-order valence-electron chi connectivity index (χ0n) is 24.1. The van der Waals surface area contributed by atoms with Gasteiger partial charge >= 0.3 is 5.97 Å². The molecule has 2 aromatic rings. The summed E-state index contributed by atoms with van der Waals surface area (Å²) in [5.74, 6) is 0.779. The van der Waals surface area contributed by atoms with Crippen LogP contribution in [-0.2, 0) is 22.5 Å². The van der Waals surface area contributed by atoms with Crippen LogP contribution in [0.25, 0.3) is 0 Å². The van der Waals surface area contributed by atoms with E-state index in [9.17, 15) is 4.79 Å². The van der Waals surface area contributed by atoms with E-state index < -0.39 is 0 Å². The molecule has 1 atom stereocenters. The fraction of sp³-hybridized carbons (Fsp3) is 0.606. The van der Waals surface area contributed by atoms with Gasteiger partial charge in [0.05, 0.1) is 39.8 Å². The molecule has 0 spiro atoms. The first-order chi connectivity index (χ1) is 17.9. The summed E-state index contributed by atoms with van der Waals surface area (Å²) in [6.45, 7) is 6.36. The lowest BCUT2D eigenvalue weighted by Gasteiger charge is -2.29. The van der Waals surface area contributed by atoms with Crippen molar-refractivity contribution in [2.75, 3.05) is 27.2 Å². The maximum atomic E-state index is 12.3. The van der Waals surface area contributed by atoms with E-state index in [1.165, 1.54) is 68.9 Å². The van der Waals surface area contributed by atoms with Gasteiger partial charge in [-0.3, -0.25) is 4.79 Å². The molecular formula is C33H52NO3+. The Labute approximate surface area is 227 Å². The Hall–Kier alpha value is -2.33. The highest BCUT2D eigenvalue weighted by atomic mass is 16.5. The minimum atomic E-state index is -0.130. The third-order valence-corrected chi connectivity index (χ3v) is 6.97. The van der Waals surface area contributed by atoms with E-state index in [1.807, 2.05) is 19.1 Å². The first-order valence-corrected chi connectivity index (χ1v) is 14.6. The van der Waals surface area contributed by atoms with Gasteiger partial charge in [0.1, 0.15) is 12.3 Å². The number of ether oxygens (including phenoxy) is 2. The van der Waals surface area contributed by atoms with Crippen LogP contribution in [0.2, 0.25) is 0 Å². The van der Waals surface area contributed by atoms with E-state index in [0.717, 1.165) is 29.7 Å². The van der Waals surface area contributed by atoms with Crippen molar-refractivity contribution in [3.8, 4) is 5.75 Å². The number of benzene rings is 2. The Balaban J connectivity index is 1.58. The molecule has 2 rings (SSSR count). The molecule has 0 heterocycles. The number of nitrogens with zero attached hydrogens (tertiary/aromatic N) is 1. The summed E-state index contributed by atoms with van der Waals surface area (Å²) in [7, 11) is 4.31. The van der Waals surface area contributed by atoms with Gasteiger partial charge in [-0.25, -0.2) is 0 Å². The fourth-order valence-corrected chi connectivity index (χ4v) is 4.67. The molecule has 2 aromatic carbocycles. The van der Waals surface area contributed by atoms with Gasteiger partial charge in [0, 0.05) is 12.0 Å². The molecule has 1 unspecified atom stereocenters. The number of hydrogen-bond acceptors (Lipinski definition) is 3. The first kappa shape index (κ1) is 30.9. The molecule has 0 aromatic heterocycles. The van der Waals surface area contributed by atoms with Crippen LogP contribution < -0.4 is 4.74 Å². The lowest BCUT2D eigenvalue weighted by atomic mass is 10.0. The number of rotatable bonds is 20. The van der Waals surface area contributed by atoms with Crippen LogP contribution in [0.3, 0.4) is 0 Å². The molecule has 4 nitrogen and oxygen atoms in total. The van der Waals surface area contributed by atoms with Gasteiger partial charge in [0.25, 0.3) is 0 Å². The van der Waals surface area contributed by atoms with Crippen molar-refractivity contribution in [1.82, 2.24) is 0 Å². The Morgan fingerprint density at radius 1 is 0.838 bits per heavy atom. The van der Waals surface area contributed by atoms with Crippen LogP contribution in [-0.4, -0.2) is 43.8 Å². The van der Waals surface area contributed by atoms with Gasteiger partial charge < -0.3 is 14.0 Å². The molecule has 0 fully saturated rings. The van der Waals surface area contributed by atoms with Crippen LogP contribution in [0, 0.1) is 0 Å². The number of quaternary nitrogens is 1. The molecule has 4 heteroatoms. The summed E-state index contributed by atoms with van der Waals surface area (Å²) < 4.78 is 12.4. The first-order valence-electron chi connectivity index (χ1n) is 14.6. The average molecular weight is 511 g/mol. The van der Waals surface area contributed by atoms with Gasteiger partial charge in [0.15, 0.2) is 0 Å². The lowest BCUT2D eigenvalue weighted by molar-refractivity contribution is -0.903. The van der Waals surface area contributed by atoms with Crippen molar-refractivity contribution in [1.29, 1.82) is 0 Å². The van der Waals surface area contributed by atoms with Crippen molar-refractivity contribution in [2.45, 2.75) is 104 Å². The molecule has 0 radical (unpaired) electrons. The van der Waals surface area contributed by atoms with Crippen molar-refractivity contribution in [3.63, 3.8) is 0 Å². The van der Waals surface area contributed by atoms with Crippen LogP contribution in [0.1, 0.15) is 95.6 Å². The van der Waals surface area contributed by atoms with Crippen LogP contribution >= 0.6 is 0 Å². The minimum absolute atomic E-state index is 0.000982. The van der Waals surface area contributed by atoms with E-state index in [1.54, 1.807) is 0 Å². The molecule has 0 saturated carbocycles. The minimum Gasteiger partial charge on any atom is -0.491 e. The van der Waals surface area contributed by atoms with Crippen LogP contribution in [0.5, 0.6) is 5.75 Å². The molecule has 0 aliphatic rings. The summed E-state index contributed by atoms with van der Waals surface area (Å²) in [5.41, 5.74) is 2.62. The third kappa shape index (κ3) is 14.9. The lowest BCUT2D eigenvalue weighted by Crippen LogP contribution is -2.40. The van der Waals surface area contributed by atoms with Crippen LogP contribution in [0.15, 0.2) is 54.6 Å². The van der Waals surface area contributed by atoms with Crippen molar-refractivity contribution in [2.24, 2.45) is 0 Å². The molecule has 0 aliphatic carbocycles. The highest BCUT2D eigenvalue weighted by Crippen LogP contribution is 2.19. The fourth-order valence-electron chi connectivity index (χ4n) is 4.67. The topological polar surface area (TPSA) is 35.5 Å². The van der Waals surface area contributed by atoms with Crippen molar-refractivity contribution < 1.29 is 18.8 Å². The third-order valence-electron chi connectivity index (χ3n) is 6.97. The van der Waals surface area contributed by atoms with Gasteiger partial charge in [-0.05, 0) is 37.5 Å². The van der Waals surface area contributed by atoms with E-state index in [2.05, 4.69) is 63.5 Å². The second-order valence-corrected chi connectivity index (χ2v) is 11.2. The van der Waals surface area contributed by atoms with Gasteiger partial charge in [0.2, 0.25) is 0 Å². The Morgan fingerprint density at radius 3 is 2.19 bits per heavy atom. The largest absolute Gasteiger partial charge is 0.491 e. The molecule has 206 valence electrons. The predicted octanol–water partition coefficient (Wildman–Crippen LogP) is 8.13. The predicted molar refractivity (Wildman–Crippen MR) is 155 cm³/mol. The number of esters is 1.